The van der Waals surface area contributed by atoms with Crippen LogP contribution < -0.4 is 0 Å². The molecule has 1 N–H and O–H groups in total. The summed E-state index contributed by atoms with van der Waals surface area (Å²) in [7, 11) is -2.93. The van der Waals surface area contributed by atoms with Crippen molar-refractivity contribution < 1.29 is 14.2 Å². The fourth-order valence-corrected chi connectivity index (χ4v) is 4.49. The van der Waals surface area contributed by atoms with Gasteiger partial charge >= 0.3 is 0 Å². The van der Waals surface area contributed by atoms with Crippen molar-refractivity contribution >= 4 is 7.37 Å². The maximum absolute atomic E-state index is 12.9. The highest BCUT2D eigenvalue weighted by molar-refractivity contribution is 7.58. The van der Waals surface area contributed by atoms with Crippen LogP contribution in [-0.2, 0) is 9.09 Å². The molecule has 4 heteroatoms. The van der Waals surface area contributed by atoms with Crippen LogP contribution in [0.2, 0.25) is 0 Å². The van der Waals surface area contributed by atoms with E-state index in [1.54, 1.807) is 24.9 Å². The van der Waals surface area contributed by atoms with Gasteiger partial charge in [-0.05, 0) is 18.6 Å². The lowest BCUT2D eigenvalue weighted by Crippen LogP contribution is -2.05. The fourth-order valence-electron chi connectivity index (χ4n) is 2.39. The lowest BCUT2D eigenvalue weighted by Gasteiger charge is -2.25. The maximum atomic E-state index is 12.9. The summed E-state index contributed by atoms with van der Waals surface area (Å²) in [5.41, 5.74) is 1.07. The zero-order valence-electron chi connectivity index (χ0n) is 11.7. The van der Waals surface area contributed by atoms with Crippen LogP contribution in [0.4, 0.5) is 0 Å². The van der Waals surface area contributed by atoms with Gasteiger partial charge in [0.1, 0.15) is 5.75 Å². The van der Waals surface area contributed by atoms with E-state index in [9.17, 15) is 9.67 Å². The van der Waals surface area contributed by atoms with Gasteiger partial charge in [-0.3, -0.25) is 4.57 Å². The molecule has 0 fully saturated rings. The zero-order valence-corrected chi connectivity index (χ0v) is 12.6. The Morgan fingerprint density at radius 3 is 2.30 bits per heavy atom. The molecule has 2 atom stereocenters. The number of rotatable bonds is 5. The average Bonchev–Trinajstić information content (AvgIpc) is 2.42. The minimum absolute atomic E-state index is 0.142. The predicted octanol–water partition coefficient (Wildman–Crippen LogP) is 4.43. The molecule has 0 heterocycles. The molecule has 0 spiro atoms. The summed E-state index contributed by atoms with van der Waals surface area (Å²) in [4.78, 5) is 0. The summed E-state index contributed by atoms with van der Waals surface area (Å²) < 4.78 is 18.4. The lowest BCUT2D eigenvalue weighted by molar-refractivity contribution is 0.332. The first kappa shape index (κ1) is 14.8. The van der Waals surface area contributed by atoms with Crippen molar-refractivity contribution in [2.75, 3.05) is 13.3 Å². The van der Waals surface area contributed by atoms with E-state index >= 15 is 0 Å². The molecule has 3 nitrogen and oxygen atoms in total. The molecular weight excluding hydrogens is 271 g/mol. The lowest BCUT2D eigenvalue weighted by atomic mass is 10.0. The van der Waals surface area contributed by atoms with E-state index < -0.39 is 13.0 Å². The van der Waals surface area contributed by atoms with Gasteiger partial charge in [0, 0.05) is 12.2 Å². The van der Waals surface area contributed by atoms with Crippen LogP contribution in [-0.4, -0.2) is 18.4 Å². The fraction of sp³-hybridized carbons (Fsp3) is 0.250. The number of para-hydroxylation sites is 1. The Bertz CT molecular complexity index is 610. The highest BCUT2D eigenvalue weighted by Crippen LogP contribution is 2.61. The molecule has 0 aliphatic heterocycles. The molecule has 106 valence electrons. The van der Waals surface area contributed by atoms with Gasteiger partial charge in [-0.1, -0.05) is 48.5 Å². The van der Waals surface area contributed by atoms with Crippen molar-refractivity contribution in [2.45, 2.75) is 12.6 Å². The van der Waals surface area contributed by atoms with E-state index in [0.29, 0.717) is 12.2 Å². The largest absolute Gasteiger partial charge is 0.508 e. The van der Waals surface area contributed by atoms with E-state index in [2.05, 4.69) is 0 Å². The van der Waals surface area contributed by atoms with Gasteiger partial charge in [0.05, 0.1) is 12.3 Å². The number of phenols is 1. The number of phenolic OH excluding ortho intramolecular Hbond substituents is 1. The molecule has 20 heavy (non-hydrogen) atoms. The van der Waals surface area contributed by atoms with Gasteiger partial charge in [0.25, 0.3) is 0 Å². The smallest absolute Gasteiger partial charge is 0.211 e. The second-order valence-corrected chi connectivity index (χ2v) is 7.29. The van der Waals surface area contributed by atoms with Gasteiger partial charge in [0.2, 0.25) is 7.37 Å². The highest BCUT2D eigenvalue weighted by Gasteiger charge is 2.33. The van der Waals surface area contributed by atoms with E-state index in [0.717, 1.165) is 5.56 Å². The minimum Gasteiger partial charge on any atom is -0.508 e. The second kappa shape index (κ2) is 6.25. The maximum Gasteiger partial charge on any atom is 0.211 e. The first-order chi connectivity index (χ1) is 9.56. The Morgan fingerprint density at radius 1 is 1.10 bits per heavy atom. The molecule has 2 aromatic rings. The molecular formula is C16H19O3P. The van der Waals surface area contributed by atoms with E-state index in [1.165, 1.54) is 0 Å². The third kappa shape index (κ3) is 3.12. The number of benzene rings is 2. The quantitative estimate of drug-likeness (QED) is 0.829. The van der Waals surface area contributed by atoms with E-state index in [1.807, 2.05) is 43.3 Å². The van der Waals surface area contributed by atoms with Crippen LogP contribution in [0.1, 0.15) is 23.7 Å². The molecule has 0 radical (unpaired) electrons. The third-order valence-corrected chi connectivity index (χ3v) is 5.49. The Labute approximate surface area is 119 Å². The highest BCUT2D eigenvalue weighted by atomic mass is 31.2. The first-order valence-electron chi connectivity index (χ1n) is 6.61. The van der Waals surface area contributed by atoms with Crippen LogP contribution in [0, 0.1) is 0 Å². The van der Waals surface area contributed by atoms with Crippen LogP contribution in [0.5, 0.6) is 5.75 Å². The van der Waals surface area contributed by atoms with Gasteiger partial charge < -0.3 is 9.63 Å². The standard InChI is InChI=1S/C16H19O3P/c1-3-19-20(2,18)16(13-9-5-4-6-10-13)14-11-7-8-12-15(14)17/h4-12,16-17H,3H2,1-2H3/t16-,20+/m1/s1. The van der Waals surface area contributed by atoms with Gasteiger partial charge in [-0.2, -0.15) is 0 Å². The normalized spacial score (nSPS) is 15.5. The summed E-state index contributed by atoms with van der Waals surface area (Å²) in [6.07, 6.45) is 0. The van der Waals surface area contributed by atoms with Crippen molar-refractivity contribution in [3.63, 3.8) is 0 Å². The SMILES string of the molecule is CCO[P@](C)(=O)[C@H](c1ccccc1)c1ccccc1O. The van der Waals surface area contributed by atoms with Crippen molar-refractivity contribution in [3.05, 3.63) is 65.7 Å². The Morgan fingerprint density at radius 2 is 1.70 bits per heavy atom. The monoisotopic (exact) mass is 290 g/mol. The molecule has 0 aliphatic carbocycles. The number of hydrogen-bond acceptors (Lipinski definition) is 3. The molecule has 0 aromatic heterocycles. The summed E-state index contributed by atoms with van der Waals surface area (Å²) in [6.45, 7) is 3.83. The van der Waals surface area contributed by atoms with Gasteiger partial charge in [-0.25, -0.2) is 0 Å². The minimum atomic E-state index is -2.93. The summed E-state index contributed by atoms with van der Waals surface area (Å²) in [5.74, 6) is 0.142. The molecule has 0 amide bonds. The van der Waals surface area contributed by atoms with Crippen LogP contribution in [0.15, 0.2) is 54.6 Å². The van der Waals surface area contributed by atoms with E-state index in [4.69, 9.17) is 4.52 Å². The molecule has 2 rings (SSSR count). The molecule has 0 saturated carbocycles. The Hall–Kier alpha value is -1.57. The predicted molar refractivity (Wildman–Crippen MR) is 81.5 cm³/mol. The topological polar surface area (TPSA) is 46.5 Å². The summed E-state index contributed by atoms with van der Waals surface area (Å²) >= 11 is 0. The Balaban J connectivity index is 2.57. The van der Waals surface area contributed by atoms with Crippen molar-refractivity contribution in [2.24, 2.45) is 0 Å². The van der Waals surface area contributed by atoms with Gasteiger partial charge in [0.15, 0.2) is 0 Å². The van der Waals surface area contributed by atoms with Crippen molar-refractivity contribution in [1.82, 2.24) is 0 Å². The van der Waals surface area contributed by atoms with E-state index in [-0.39, 0.29) is 5.75 Å². The molecule has 0 saturated heterocycles. The number of aromatic hydroxyl groups is 1. The second-order valence-electron chi connectivity index (χ2n) is 4.70. The average molecular weight is 290 g/mol. The number of hydrogen-bond donors (Lipinski definition) is 1. The molecule has 2 aromatic carbocycles. The summed E-state index contributed by atoms with van der Waals surface area (Å²) in [6, 6.07) is 16.5. The third-order valence-electron chi connectivity index (χ3n) is 3.20. The van der Waals surface area contributed by atoms with Crippen molar-refractivity contribution in [1.29, 1.82) is 0 Å². The first-order valence-corrected chi connectivity index (χ1v) is 8.75. The van der Waals surface area contributed by atoms with Crippen LogP contribution in [0.3, 0.4) is 0 Å². The van der Waals surface area contributed by atoms with Crippen LogP contribution in [0.25, 0.3) is 0 Å². The molecule has 0 aliphatic rings. The Kier molecular flexibility index (Phi) is 4.64. The molecule has 0 unspecified atom stereocenters. The summed E-state index contributed by atoms with van der Waals surface area (Å²) in [5, 5.41) is 10.1. The van der Waals surface area contributed by atoms with Gasteiger partial charge in [-0.15, -0.1) is 0 Å². The van der Waals surface area contributed by atoms with Crippen molar-refractivity contribution in [3.8, 4) is 5.75 Å². The zero-order chi connectivity index (χ0) is 14.6. The van der Waals surface area contributed by atoms with Crippen LogP contribution >= 0.6 is 7.37 Å². The molecule has 0 bridgehead atoms.